The van der Waals surface area contributed by atoms with Gasteiger partial charge in [0.2, 0.25) is 10.0 Å². The molecule has 2 aliphatic heterocycles. The fourth-order valence-electron chi connectivity index (χ4n) is 2.97. The monoisotopic (exact) mass is 276 g/mol. The van der Waals surface area contributed by atoms with E-state index in [9.17, 15) is 8.42 Å². The van der Waals surface area contributed by atoms with Crippen LogP contribution in [0.3, 0.4) is 0 Å². The first kappa shape index (κ1) is 14.2. The molecule has 0 bridgehead atoms. The largest absolute Gasteiger partial charge is 0.381 e. The Hall–Kier alpha value is -0.170. The summed E-state index contributed by atoms with van der Waals surface area (Å²) in [5.74, 6) is 0.0951. The predicted octanol–water partition coefficient (Wildman–Crippen LogP) is 0.427. The number of hydrogen-bond acceptors (Lipinski definition) is 4. The Bertz CT molecular complexity index is 377. The van der Waals surface area contributed by atoms with Crippen molar-refractivity contribution in [3.8, 4) is 0 Å². The van der Waals surface area contributed by atoms with Crippen molar-refractivity contribution in [2.45, 2.75) is 32.3 Å². The van der Waals surface area contributed by atoms with Gasteiger partial charge in [0, 0.05) is 20.2 Å². The molecule has 1 unspecified atom stereocenters. The molecule has 2 saturated heterocycles. The van der Waals surface area contributed by atoms with Gasteiger partial charge >= 0.3 is 0 Å². The third-order valence-electron chi connectivity index (χ3n) is 4.31. The summed E-state index contributed by atoms with van der Waals surface area (Å²) >= 11 is 0. The molecule has 1 N–H and O–H groups in total. The van der Waals surface area contributed by atoms with Gasteiger partial charge in [-0.05, 0) is 44.7 Å². The Morgan fingerprint density at radius 3 is 2.61 bits per heavy atom. The van der Waals surface area contributed by atoms with Crippen LogP contribution < -0.4 is 5.32 Å². The summed E-state index contributed by atoms with van der Waals surface area (Å²) in [4.78, 5) is 0. The summed E-state index contributed by atoms with van der Waals surface area (Å²) in [5, 5.41) is 3.34. The van der Waals surface area contributed by atoms with Gasteiger partial charge in [0.1, 0.15) is 0 Å². The molecular formula is C12H24N2O3S. The van der Waals surface area contributed by atoms with Crippen LogP contribution in [0.15, 0.2) is 0 Å². The average molecular weight is 276 g/mol. The number of sulfonamides is 1. The van der Waals surface area contributed by atoms with Gasteiger partial charge in [-0.1, -0.05) is 0 Å². The minimum absolute atomic E-state index is 0.0951. The number of piperidine rings is 1. The molecule has 2 heterocycles. The number of methoxy groups -OCH3 is 1. The van der Waals surface area contributed by atoms with Gasteiger partial charge in [0.05, 0.1) is 11.9 Å². The molecule has 0 aromatic heterocycles. The van der Waals surface area contributed by atoms with Crippen LogP contribution in [0.2, 0.25) is 0 Å². The van der Waals surface area contributed by atoms with Crippen LogP contribution in [-0.4, -0.2) is 57.9 Å². The van der Waals surface area contributed by atoms with Gasteiger partial charge in [-0.3, -0.25) is 0 Å². The molecule has 2 aliphatic rings. The molecule has 6 heteroatoms. The van der Waals surface area contributed by atoms with Crippen molar-refractivity contribution in [1.29, 1.82) is 0 Å². The molecule has 106 valence electrons. The number of hydrogen-bond donors (Lipinski definition) is 1. The summed E-state index contributed by atoms with van der Waals surface area (Å²) in [6.07, 6.45) is 2.96. The van der Waals surface area contributed by atoms with Crippen molar-refractivity contribution in [1.82, 2.24) is 9.62 Å². The van der Waals surface area contributed by atoms with Crippen LogP contribution >= 0.6 is 0 Å². The SMILES string of the molecule is COC(C)CS(=O)(=O)N1CCC2(CCNCC2)C1. The second-order valence-electron chi connectivity index (χ2n) is 5.66. The van der Waals surface area contributed by atoms with E-state index in [1.807, 2.05) is 0 Å². The smallest absolute Gasteiger partial charge is 0.216 e. The highest BCUT2D eigenvalue weighted by atomic mass is 32.2. The Labute approximate surface area is 110 Å². The van der Waals surface area contributed by atoms with Crippen molar-refractivity contribution < 1.29 is 13.2 Å². The fourth-order valence-corrected chi connectivity index (χ4v) is 4.75. The lowest BCUT2D eigenvalue weighted by Crippen LogP contribution is -2.41. The zero-order chi connectivity index (χ0) is 13.2. The molecule has 0 saturated carbocycles. The van der Waals surface area contributed by atoms with Gasteiger partial charge in [-0.2, -0.15) is 0 Å². The van der Waals surface area contributed by atoms with E-state index in [-0.39, 0.29) is 17.3 Å². The molecule has 0 radical (unpaired) electrons. The van der Waals surface area contributed by atoms with Gasteiger partial charge in [0.25, 0.3) is 0 Å². The molecule has 2 fully saturated rings. The Morgan fingerprint density at radius 1 is 1.33 bits per heavy atom. The zero-order valence-electron chi connectivity index (χ0n) is 11.3. The predicted molar refractivity (Wildman–Crippen MR) is 71.0 cm³/mol. The average Bonchev–Trinajstić information content (AvgIpc) is 2.74. The maximum absolute atomic E-state index is 12.3. The third kappa shape index (κ3) is 3.04. The standard InChI is InChI=1S/C12H24N2O3S/c1-11(17-2)9-18(15,16)14-8-5-12(10-14)3-6-13-7-4-12/h11,13H,3-10H2,1-2H3. The van der Waals surface area contributed by atoms with E-state index in [1.165, 1.54) is 0 Å². The second-order valence-corrected chi connectivity index (χ2v) is 7.67. The van der Waals surface area contributed by atoms with Gasteiger partial charge in [0.15, 0.2) is 0 Å². The lowest BCUT2D eigenvalue weighted by atomic mass is 9.78. The molecule has 1 spiro atoms. The van der Waals surface area contributed by atoms with Crippen molar-refractivity contribution in [2.75, 3.05) is 39.0 Å². The van der Waals surface area contributed by atoms with Crippen LogP contribution in [0, 0.1) is 5.41 Å². The molecular weight excluding hydrogens is 252 g/mol. The first-order valence-electron chi connectivity index (χ1n) is 6.69. The molecule has 0 aliphatic carbocycles. The zero-order valence-corrected chi connectivity index (χ0v) is 12.1. The molecule has 0 aromatic rings. The Morgan fingerprint density at radius 2 is 2.00 bits per heavy atom. The Kier molecular flexibility index (Phi) is 4.31. The molecule has 1 atom stereocenters. The lowest BCUT2D eigenvalue weighted by molar-refractivity contribution is 0.135. The van der Waals surface area contributed by atoms with E-state index in [2.05, 4.69) is 5.32 Å². The first-order chi connectivity index (χ1) is 8.47. The topological polar surface area (TPSA) is 58.6 Å². The van der Waals surface area contributed by atoms with Crippen LogP contribution in [0.4, 0.5) is 0 Å². The number of nitrogens with one attached hydrogen (secondary N) is 1. The fraction of sp³-hybridized carbons (Fsp3) is 1.00. The number of ether oxygens (including phenoxy) is 1. The van der Waals surface area contributed by atoms with Crippen molar-refractivity contribution in [3.63, 3.8) is 0 Å². The van der Waals surface area contributed by atoms with E-state index in [1.54, 1.807) is 18.3 Å². The van der Waals surface area contributed by atoms with E-state index in [4.69, 9.17) is 4.74 Å². The summed E-state index contributed by atoms with van der Waals surface area (Å²) in [6, 6.07) is 0. The summed E-state index contributed by atoms with van der Waals surface area (Å²) in [5.41, 5.74) is 0.231. The summed E-state index contributed by atoms with van der Waals surface area (Å²) < 4.78 is 31.3. The van der Waals surface area contributed by atoms with E-state index in [0.717, 1.165) is 32.4 Å². The van der Waals surface area contributed by atoms with Crippen molar-refractivity contribution in [2.24, 2.45) is 5.41 Å². The van der Waals surface area contributed by atoms with Crippen LogP contribution in [0.1, 0.15) is 26.2 Å². The maximum atomic E-state index is 12.3. The van der Waals surface area contributed by atoms with Crippen molar-refractivity contribution >= 4 is 10.0 Å². The normalized spacial score (nSPS) is 26.6. The minimum atomic E-state index is -3.16. The molecule has 5 nitrogen and oxygen atoms in total. The van der Waals surface area contributed by atoms with Crippen LogP contribution in [0.5, 0.6) is 0 Å². The maximum Gasteiger partial charge on any atom is 0.216 e. The minimum Gasteiger partial charge on any atom is -0.381 e. The van der Waals surface area contributed by atoms with Crippen LogP contribution in [-0.2, 0) is 14.8 Å². The molecule has 2 rings (SSSR count). The Balaban J connectivity index is 1.99. The highest BCUT2D eigenvalue weighted by molar-refractivity contribution is 7.89. The lowest BCUT2D eigenvalue weighted by Gasteiger charge is -2.33. The summed E-state index contributed by atoms with van der Waals surface area (Å²) in [7, 11) is -1.60. The quantitative estimate of drug-likeness (QED) is 0.809. The van der Waals surface area contributed by atoms with E-state index in [0.29, 0.717) is 13.1 Å². The first-order valence-corrected chi connectivity index (χ1v) is 8.30. The number of nitrogens with zero attached hydrogens (tertiary/aromatic N) is 1. The molecule has 0 aromatic carbocycles. The van der Waals surface area contributed by atoms with Crippen molar-refractivity contribution in [3.05, 3.63) is 0 Å². The highest BCUT2D eigenvalue weighted by Gasteiger charge is 2.43. The highest BCUT2D eigenvalue weighted by Crippen LogP contribution is 2.39. The number of rotatable bonds is 4. The molecule has 18 heavy (non-hydrogen) atoms. The van der Waals surface area contributed by atoms with E-state index < -0.39 is 10.0 Å². The van der Waals surface area contributed by atoms with Crippen LogP contribution in [0.25, 0.3) is 0 Å². The van der Waals surface area contributed by atoms with Gasteiger partial charge in [-0.25, -0.2) is 12.7 Å². The summed E-state index contributed by atoms with van der Waals surface area (Å²) in [6.45, 7) is 5.21. The van der Waals surface area contributed by atoms with E-state index >= 15 is 0 Å². The third-order valence-corrected chi connectivity index (χ3v) is 6.30. The molecule has 0 amide bonds. The van der Waals surface area contributed by atoms with Gasteiger partial charge in [-0.15, -0.1) is 0 Å². The second kappa shape index (κ2) is 5.45. The van der Waals surface area contributed by atoms with Gasteiger partial charge < -0.3 is 10.1 Å².